The summed E-state index contributed by atoms with van der Waals surface area (Å²) in [6.07, 6.45) is 3.96. The van der Waals surface area contributed by atoms with E-state index in [-0.39, 0.29) is 0 Å². The van der Waals surface area contributed by atoms with Crippen molar-refractivity contribution in [2.45, 2.75) is 44.9 Å². The Labute approximate surface area is 189 Å². The number of morpholine rings is 1. The van der Waals surface area contributed by atoms with Gasteiger partial charge in [0.2, 0.25) is 0 Å². The zero-order valence-corrected chi connectivity index (χ0v) is 19.2. The van der Waals surface area contributed by atoms with Crippen LogP contribution >= 0.6 is 11.3 Å². The molecular formula is C24H34N4O2S. The fourth-order valence-electron chi connectivity index (χ4n) is 3.90. The van der Waals surface area contributed by atoms with Crippen LogP contribution in [-0.2, 0) is 11.3 Å². The van der Waals surface area contributed by atoms with E-state index in [9.17, 15) is 0 Å². The third-order valence-corrected chi connectivity index (χ3v) is 6.86. The van der Waals surface area contributed by atoms with E-state index < -0.39 is 0 Å². The molecule has 1 aliphatic heterocycles. The smallest absolute Gasteiger partial charge is 0.191 e. The third-order valence-electron chi connectivity index (χ3n) is 5.89. The molecule has 2 fully saturated rings. The number of para-hydroxylation sites is 1. The molecule has 1 aromatic carbocycles. The first-order chi connectivity index (χ1) is 15.3. The normalized spacial score (nSPS) is 18.9. The zero-order valence-electron chi connectivity index (χ0n) is 18.4. The van der Waals surface area contributed by atoms with E-state index in [4.69, 9.17) is 14.5 Å². The minimum Gasteiger partial charge on any atom is -0.490 e. The van der Waals surface area contributed by atoms with E-state index in [2.05, 4.69) is 58.2 Å². The van der Waals surface area contributed by atoms with E-state index in [0.717, 1.165) is 69.5 Å². The molecule has 1 saturated carbocycles. The van der Waals surface area contributed by atoms with Gasteiger partial charge in [0.25, 0.3) is 0 Å². The quantitative estimate of drug-likeness (QED) is 0.457. The highest BCUT2D eigenvalue weighted by Crippen LogP contribution is 2.28. The number of hydrogen-bond acceptors (Lipinski definition) is 5. The molecule has 0 radical (unpaired) electrons. The predicted octanol–water partition coefficient (Wildman–Crippen LogP) is 3.81. The third kappa shape index (κ3) is 6.21. The van der Waals surface area contributed by atoms with Gasteiger partial charge in [0.1, 0.15) is 5.75 Å². The van der Waals surface area contributed by atoms with Crippen LogP contribution in [-0.4, -0.2) is 56.4 Å². The Morgan fingerprint density at radius 3 is 2.74 bits per heavy atom. The van der Waals surface area contributed by atoms with Gasteiger partial charge in [-0.25, -0.2) is 4.99 Å². The number of hydrogen-bond donors (Lipinski definition) is 2. The molecule has 31 heavy (non-hydrogen) atoms. The molecule has 0 spiro atoms. The summed E-state index contributed by atoms with van der Waals surface area (Å²) >= 11 is 1.82. The summed E-state index contributed by atoms with van der Waals surface area (Å²) in [5.41, 5.74) is 1.13. The molecule has 7 heteroatoms. The number of benzene rings is 1. The van der Waals surface area contributed by atoms with Crippen LogP contribution in [0.3, 0.4) is 0 Å². The number of thiophene rings is 1. The molecule has 2 aliphatic rings. The molecule has 4 rings (SSSR count). The highest BCUT2D eigenvalue weighted by molar-refractivity contribution is 7.10. The van der Waals surface area contributed by atoms with Gasteiger partial charge in [0.15, 0.2) is 5.96 Å². The molecule has 2 aromatic rings. The van der Waals surface area contributed by atoms with E-state index in [0.29, 0.717) is 18.7 Å². The van der Waals surface area contributed by atoms with Gasteiger partial charge in [-0.3, -0.25) is 4.90 Å². The average molecular weight is 443 g/mol. The van der Waals surface area contributed by atoms with Gasteiger partial charge in [0.05, 0.1) is 31.9 Å². The van der Waals surface area contributed by atoms with Gasteiger partial charge in [-0.1, -0.05) is 24.3 Å². The molecule has 0 bridgehead atoms. The van der Waals surface area contributed by atoms with Crippen LogP contribution in [0.5, 0.6) is 5.75 Å². The van der Waals surface area contributed by atoms with Crippen LogP contribution in [0.4, 0.5) is 0 Å². The van der Waals surface area contributed by atoms with E-state index >= 15 is 0 Å². The van der Waals surface area contributed by atoms with Gasteiger partial charge in [-0.05, 0) is 43.7 Å². The lowest BCUT2D eigenvalue weighted by Gasteiger charge is -2.34. The van der Waals surface area contributed by atoms with Crippen molar-refractivity contribution in [3.05, 3.63) is 52.2 Å². The predicted molar refractivity (Wildman–Crippen MR) is 127 cm³/mol. The maximum atomic E-state index is 6.17. The molecule has 1 saturated heterocycles. The summed E-state index contributed by atoms with van der Waals surface area (Å²) < 4.78 is 11.7. The van der Waals surface area contributed by atoms with Crippen LogP contribution < -0.4 is 15.4 Å². The monoisotopic (exact) mass is 442 g/mol. The minimum absolute atomic E-state index is 0.321. The number of guanidine groups is 1. The molecule has 6 nitrogen and oxygen atoms in total. The van der Waals surface area contributed by atoms with Gasteiger partial charge < -0.3 is 20.1 Å². The first kappa shape index (κ1) is 22.1. The number of nitrogens with one attached hydrogen (secondary N) is 2. The lowest BCUT2D eigenvalue weighted by Crippen LogP contribution is -2.46. The number of nitrogens with zero attached hydrogens (tertiary/aromatic N) is 2. The van der Waals surface area contributed by atoms with Crippen LogP contribution in [0.2, 0.25) is 0 Å². The van der Waals surface area contributed by atoms with Crippen molar-refractivity contribution in [3.63, 3.8) is 0 Å². The first-order valence-corrected chi connectivity index (χ1v) is 12.3. The summed E-state index contributed by atoms with van der Waals surface area (Å²) in [7, 11) is 0. The van der Waals surface area contributed by atoms with Crippen molar-refractivity contribution in [1.29, 1.82) is 0 Å². The zero-order chi connectivity index (χ0) is 21.3. The fraction of sp³-hybridized carbons (Fsp3) is 0.542. The molecule has 0 amide bonds. The largest absolute Gasteiger partial charge is 0.490 e. The highest BCUT2D eigenvalue weighted by Gasteiger charge is 2.24. The van der Waals surface area contributed by atoms with Crippen LogP contribution in [0.1, 0.15) is 42.7 Å². The SMILES string of the molecule is CCNC(=NCc1ccccc1OC1CCC1)NCC(c1cccs1)N1CCOCC1. The topological polar surface area (TPSA) is 58.1 Å². The molecule has 2 heterocycles. The molecule has 2 N–H and O–H groups in total. The lowest BCUT2D eigenvalue weighted by molar-refractivity contribution is 0.0177. The van der Waals surface area contributed by atoms with Crippen LogP contribution in [0.25, 0.3) is 0 Å². The van der Waals surface area contributed by atoms with Crippen molar-refractivity contribution in [3.8, 4) is 5.75 Å². The molecule has 1 atom stereocenters. The van der Waals surface area contributed by atoms with Crippen molar-refractivity contribution in [2.75, 3.05) is 39.4 Å². The second-order valence-electron chi connectivity index (χ2n) is 8.03. The summed E-state index contributed by atoms with van der Waals surface area (Å²) in [5, 5.41) is 9.13. The number of aliphatic imine (C=N–C) groups is 1. The van der Waals surface area contributed by atoms with Crippen LogP contribution in [0.15, 0.2) is 46.8 Å². The van der Waals surface area contributed by atoms with Crippen LogP contribution in [0, 0.1) is 0 Å². The summed E-state index contributed by atoms with van der Waals surface area (Å²) in [4.78, 5) is 8.76. The minimum atomic E-state index is 0.321. The van der Waals surface area contributed by atoms with Crippen molar-refractivity contribution >= 4 is 17.3 Å². The molecular weight excluding hydrogens is 408 g/mol. The van der Waals surface area contributed by atoms with Gasteiger partial charge in [-0.15, -0.1) is 11.3 Å². The standard InChI is InChI=1S/C24H34N4O2S/c1-2-25-24(26-17-19-7-3-4-10-22(19)30-20-8-5-9-20)27-18-21(23-11-6-16-31-23)28-12-14-29-15-13-28/h3-4,6-7,10-11,16,20-21H,2,5,8-9,12-15,17-18H2,1H3,(H2,25,26,27). The Morgan fingerprint density at radius 2 is 2.03 bits per heavy atom. The lowest BCUT2D eigenvalue weighted by atomic mass is 9.96. The Kier molecular flexibility index (Phi) is 8.21. The Morgan fingerprint density at radius 1 is 1.19 bits per heavy atom. The van der Waals surface area contributed by atoms with Crippen molar-refractivity contribution in [1.82, 2.24) is 15.5 Å². The molecule has 168 valence electrons. The summed E-state index contributed by atoms with van der Waals surface area (Å²) in [6.45, 7) is 7.86. The maximum Gasteiger partial charge on any atom is 0.191 e. The first-order valence-electron chi connectivity index (χ1n) is 11.5. The van der Waals surface area contributed by atoms with E-state index in [1.165, 1.54) is 11.3 Å². The Hall–Kier alpha value is -2.09. The van der Waals surface area contributed by atoms with Gasteiger partial charge in [-0.2, -0.15) is 0 Å². The van der Waals surface area contributed by atoms with E-state index in [1.807, 2.05) is 17.4 Å². The Balaban J connectivity index is 1.41. The number of ether oxygens (including phenoxy) is 2. The fourth-order valence-corrected chi connectivity index (χ4v) is 4.76. The van der Waals surface area contributed by atoms with E-state index in [1.54, 1.807) is 0 Å². The number of rotatable bonds is 9. The second kappa shape index (κ2) is 11.5. The van der Waals surface area contributed by atoms with Crippen molar-refractivity contribution < 1.29 is 9.47 Å². The average Bonchev–Trinajstić information content (AvgIpc) is 3.30. The molecule has 1 aliphatic carbocycles. The Bertz CT molecular complexity index is 817. The van der Waals surface area contributed by atoms with Crippen molar-refractivity contribution in [2.24, 2.45) is 4.99 Å². The molecule has 1 aromatic heterocycles. The van der Waals surface area contributed by atoms with Gasteiger partial charge >= 0.3 is 0 Å². The summed E-state index contributed by atoms with van der Waals surface area (Å²) in [6, 6.07) is 13.0. The maximum absolute atomic E-state index is 6.17. The second-order valence-corrected chi connectivity index (χ2v) is 9.01. The molecule has 1 unspecified atom stereocenters. The van der Waals surface area contributed by atoms with Gasteiger partial charge in [0, 0.05) is 36.6 Å². The summed E-state index contributed by atoms with van der Waals surface area (Å²) in [5.74, 6) is 1.81. The highest BCUT2D eigenvalue weighted by atomic mass is 32.1.